The van der Waals surface area contributed by atoms with Crippen molar-refractivity contribution >= 4 is 23.5 Å². The van der Waals surface area contributed by atoms with Gasteiger partial charge in [0.2, 0.25) is 5.95 Å². The summed E-state index contributed by atoms with van der Waals surface area (Å²) in [6.45, 7) is 0.985. The van der Waals surface area contributed by atoms with E-state index < -0.39 is 35.3 Å². The zero-order valence-corrected chi connectivity index (χ0v) is 17.4. The zero-order valence-electron chi connectivity index (χ0n) is 17.4. The van der Waals surface area contributed by atoms with E-state index in [0.29, 0.717) is 42.8 Å². The normalized spacial score (nSPS) is 16.5. The van der Waals surface area contributed by atoms with Gasteiger partial charge in [-0.1, -0.05) is 6.07 Å². The van der Waals surface area contributed by atoms with Gasteiger partial charge in [0.1, 0.15) is 23.1 Å². The molecule has 1 fully saturated rings. The summed E-state index contributed by atoms with van der Waals surface area (Å²) < 4.78 is 42.9. The second kappa shape index (κ2) is 8.36. The Morgan fingerprint density at radius 3 is 2.30 bits per heavy atom. The Morgan fingerprint density at radius 1 is 0.970 bits per heavy atom. The Balaban J connectivity index is 1.72. The first-order valence-corrected chi connectivity index (χ1v) is 10.5. The van der Waals surface area contributed by atoms with Crippen molar-refractivity contribution in [1.82, 2.24) is 15.3 Å². The predicted molar refractivity (Wildman–Crippen MR) is 116 cm³/mol. The first-order chi connectivity index (χ1) is 15.9. The van der Waals surface area contributed by atoms with Crippen LogP contribution >= 0.6 is 0 Å². The minimum absolute atomic E-state index is 0.0342. The molecule has 0 radical (unpaired) electrons. The maximum absolute atomic E-state index is 14.7. The number of nitrogens with one attached hydrogen (secondary N) is 1. The van der Waals surface area contributed by atoms with E-state index in [0.717, 1.165) is 17.0 Å². The number of anilines is 3. The lowest BCUT2D eigenvalue weighted by atomic mass is 10.0. The van der Waals surface area contributed by atoms with E-state index >= 15 is 0 Å². The van der Waals surface area contributed by atoms with Crippen molar-refractivity contribution in [2.45, 2.75) is 25.5 Å². The van der Waals surface area contributed by atoms with Crippen LogP contribution < -0.4 is 15.1 Å². The molecule has 3 aromatic rings. The molecule has 2 aliphatic rings. The molecule has 0 spiro atoms. The number of amides is 2. The fourth-order valence-electron chi connectivity index (χ4n) is 4.11. The number of hydrogen-bond donors (Lipinski definition) is 2. The number of urea groups is 1. The van der Waals surface area contributed by atoms with Crippen molar-refractivity contribution in [3.63, 3.8) is 0 Å². The van der Waals surface area contributed by atoms with Gasteiger partial charge in [-0.2, -0.15) is 4.98 Å². The lowest BCUT2D eigenvalue weighted by molar-refractivity contribution is 0.145. The summed E-state index contributed by atoms with van der Waals surface area (Å²) in [6.07, 6.45) is 0.599. The molecule has 10 heteroatoms. The number of aliphatic hydroxyl groups is 1. The number of benzene rings is 2. The van der Waals surface area contributed by atoms with Crippen molar-refractivity contribution < 1.29 is 23.1 Å². The van der Waals surface area contributed by atoms with Gasteiger partial charge in [0.05, 0.1) is 18.3 Å². The summed E-state index contributed by atoms with van der Waals surface area (Å²) in [5.41, 5.74) is 0.894. The molecule has 1 saturated heterocycles. The minimum atomic E-state index is -0.914. The molecule has 170 valence electrons. The molecule has 0 saturated carbocycles. The zero-order chi connectivity index (χ0) is 23.1. The molecule has 33 heavy (non-hydrogen) atoms. The third kappa shape index (κ3) is 3.86. The number of hydrogen-bond acceptors (Lipinski definition) is 5. The number of nitrogens with zero attached hydrogens (tertiary/aromatic N) is 4. The summed E-state index contributed by atoms with van der Waals surface area (Å²) in [6, 6.07) is 8.29. The minimum Gasteiger partial charge on any atom is -0.393 e. The Morgan fingerprint density at radius 2 is 1.64 bits per heavy atom. The van der Waals surface area contributed by atoms with Gasteiger partial charge in [-0.05, 0) is 49.2 Å². The first-order valence-electron chi connectivity index (χ1n) is 10.5. The van der Waals surface area contributed by atoms with E-state index in [1.165, 1.54) is 18.2 Å². The number of halogens is 3. The van der Waals surface area contributed by atoms with Crippen molar-refractivity contribution in [2.24, 2.45) is 0 Å². The predicted octanol–water partition coefficient (Wildman–Crippen LogP) is 3.88. The average molecular weight is 455 g/mol. The molecule has 0 aliphatic carbocycles. The summed E-state index contributed by atoms with van der Waals surface area (Å²) in [7, 11) is 0. The van der Waals surface area contributed by atoms with Crippen LogP contribution in [-0.2, 0) is 6.54 Å². The summed E-state index contributed by atoms with van der Waals surface area (Å²) in [5.74, 6) is -1.94. The average Bonchev–Trinajstić information content (AvgIpc) is 2.80. The lowest BCUT2D eigenvalue weighted by Gasteiger charge is -2.34. The number of piperidine rings is 1. The van der Waals surface area contributed by atoms with Crippen molar-refractivity contribution in [2.75, 3.05) is 22.9 Å². The Bertz CT molecular complexity index is 1190. The van der Waals surface area contributed by atoms with Gasteiger partial charge in [-0.3, -0.25) is 0 Å². The molecule has 2 aliphatic heterocycles. The highest BCUT2D eigenvalue weighted by Gasteiger charge is 2.35. The molecule has 2 amide bonds. The molecule has 0 unspecified atom stereocenters. The quantitative estimate of drug-likeness (QED) is 0.627. The van der Waals surface area contributed by atoms with E-state index in [1.54, 1.807) is 12.1 Å². The van der Waals surface area contributed by atoms with Crippen molar-refractivity contribution in [3.05, 3.63) is 65.5 Å². The third-order valence-corrected chi connectivity index (χ3v) is 5.83. The van der Waals surface area contributed by atoms with Gasteiger partial charge in [0, 0.05) is 24.2 Å². The molecular weight excluding hydrogens is 435 g/mol. The summed E-state index contributed by atoms with van der Waals surface area (Å²) in [4.78, 5) is 24.8. The van der Waals surface area contributed by atoms with E-state index in [2.05, 4.69) is 15.3 Å². The second-order valence-corrected chi connectivity index (χ2v) is 7.96. The van der Waals surface area contributed by atoms with E-state index in [4.69, 9.17) is 0 Å². The van der Waals surface area contributed by atoms with Crippen LogP contribution in [0.5, 0.6) is 0 Å². The highest BCUT2D eigenvalue weighted by Crippen LogP contribution is 2.39. The highest BCUT2D eigenvalue weighted by atomic mass is 19.1. The standard InChI is InChI=1S/C23H20F3N5O2/c24-14-6-4-13(5-7-14)19-16-12-27-23(33)31(20-17(25)2-1-3-18(20)26)21(16)29-22(28-19)30-10-8-15(32)9-11-30/h1-7,15,32H,8-12H2,(H,27,33). The SMILES string of the molecule is O=C1NCc2c(-c3ccc(F)cc3)nc(N3CCC(O)CC3)nc2N1c1c(F)cccc1F. The number of aliphatic hydroxyl groups excluding tert-OH is 1. The molecule has 2 aromatic carbocycles. The fourth-order valence-corrected chi connectivity index (χ4v) is 4.11. The van der Waals surface area contributed by atoms with E-state index in [1.807, 2.05) is 4.90 Å². The van der Waals surface area contributed by atoms with Crippen LogP contribution in [0.4, 0.5) is 35.4 Å². The monoisotopic (exact) mass is 455 g/mol. The smallest absolute Gasteiger partial charge is 0.328 e. The van der Waals surface area contributed by atoms with E-state index in [-0.39, 0.29) is 18.3 Å². The Labute approximate surface area is 187 Å². The topological polar surface area (TPSA) is 81.6 Å². The Kier molecular flexibility index (Phi) is 5.37. The second-order valence-electron chi connectivity index (χ2n) is 7.96. The van der Waals surface area contributed by atoms with Crippen molar-refractivity contribution in [3.8, 4) is 11.3 Å². The Hall–Kier alpha value is -3.66. The highest BCUT2D eigenvalue weighted by molar-refractivity contribution is 6.02. The van der Waals surface area contributed by atoms with Crippen LogP contribution in [0.3, 0.4) is 0 Å². The van der Waals surface area contributed by atoms with Crippen molar-refractivity contribution in [1.29, 1.82) is 0 Å². The van der Waals surface area contributed by atoms with Crippen LogP contribution in [0.1, 0.15) is 18.4 Å². The molecule has 7 nitrogen and oxygen atoms in total. The number of rotatable bonds is 3. The first kappa shape index (κ1) is 21.2. The van der Waals surface area contributed by atoms with Crippen LogP contribution in [0.15, 0.2) is 42.5 Å². The van der Waals surface area contributed by atoms with Gasteiger partial charge in [-0.15, -0.1) is 0 Å². The number of carbonyl (C=O) groups is 1. The van der Waals surface area contributed by atoms with Crippen LogP contribution in [0.2, 0.25) is 0 Å². The number of para-hydroxylation sites is 1. The van der Waals surface area contributed by atoms with Crippen LogP contribution in [-0.4, -0.2) is 40.3 Å². The molecular formula is C23H20F3N5O2. The van der Waals surface area contributed by atoms with Crippen LogP contribution in [0, 0.1) is 17.5 Å². The molecule has 1 aromatic heterocycles. The maximum Gasteiger partial charge on any atom is 0.328 e. The fraction of sp³-hybridized carbons (Fsp3) is 0.261. The number of carbonyl (C=O) groups excluding carboxylic acids is 1. The number of aromatic nitrogens is 2. The molecule has 3 heterocycles. The molecule has 0 bridgehead atoms. The molecule has 2 N–H and O–H groups in total. The van der Waals surface area contributed by atoms with Gasteiger partial charge in [0.25, 0.3) is 0 Å². The van der Waals surface area contributed by atoms with Gasteiger partial charge < -0.3 is 15.3 Å². The van der Waals surface area contributed by atoms with Crippen LogP contribution in [0.25, 0.3) is 11.3 Å². The number of fused-ring (bicyclic) bond motifs is 1. The third-order valence-electron chi connectivity index (χ3n) is 5.83. The largest absolute Gasteiger partial charge is 0.393 e. The summed E-state index contributed by atoms with van der Waals surface area (Å²) >= 11 is 0. The van der Waals surface area contributed by atoms with Gasteiger partial charge in [-0.25, -0.2) is 27.8 Å². The molecule has 5 rings (SSSR count). The molecule has 0 atom stereocenters. The van der Waals surface area contributed by atoms with Gasteiger partial charge in [0.15, 0.2) is 5.82 Å². The maximum atomic E-state index is 14.7. The van der Waals surface area contributed by atoms with Gasteiger partial charge >= 0.3 is 6.03 Å². The van der Waals surface area contributed by atoms with E-state index in [9.17, 15) is 23.1 Å². The lowest BCUT2D eigenvalue weighted by Crippen LogP contribution is -2.44. The summed E-state index contributed by atoms with van der Waals surface area (Å²) in [5, 5.41) is 12.5.